The molecule has 2 aromatic rings. The Labute approximate surface area is 148 Å². The van der Waals surface area contributed by atoms with Crippen LogP contribution in [0.4, 0.5) is 5.69 Å². The van der Waals surface area contributed by atoms with Gasteiger partial charge in [-0.15, -0.1) is 0 Å². The van der Waals surface area contributed by atoms with Gasteiger partial charge in [-0.25, -0.2) is 0 Å². The maximum absolute atomic E-state index is 11.9. The summed E-state index contributed by atoms with van der Waals surface area (Å²) in [6.07, 6.45) is 0.746. The van der Waals surface area contributed by atoms with Gasteiger partial charge in [-0.1, -0.05) is 35.9 Å². The van der Waals surface area contributed by atoms with Crippen LogP contribution in [-0.4, -0.2) is 25.1 Å². The number of nitrogens with one attached hydrogen (secondary N) is 1. The number of benzene rings is 2. The van der Waals surface area contributed by atoms with Crippen LogP contribution in [-0.2, 0) is 14.3 Å². The highest BCUT2D eigenvalue weighted by atomic mass is 16.5. The predicted molar refractivity (Wildman–Crippen MR) is 96.7 cm³/mol. The first-order valence-electron chi connectivity index (χ1n) is 8.25. The van der Waals surface area contributed by atoms with Crippen molar-refractivity contribution in [1.29, 1.82) is 0 Å². The molecule has 5 heteroatoms. The van der Waals surface area contributed by atoms with E-state index in [4.69, 9.17) is 9.47 Å². The van der Waals surface area contributed by atoms with Crippen molar-refractivity contribution in [3.05, 3.63) is 59.7 Å². The lowest BCUT2D eigenvalue weighted by Crippen LogP contribution is -2.21. The topological polar surface area (TPSA) is 64.6 Å². The Morgan fingerprint density at radius 2 is 1.80 bits per heavy atom. The molecule has 0 saturated heterocycles. The fourth-order valence-electron chi connectivity index (χ4n) is 2.28. The van der Waals surface area contributed by atoms with Crippen LogP contribution < -0.4 is 10.1 Å². The van der Waals surface area contributed by atoms with Gasteiger partial charge in [0.05, 0.1) is 6.61 Å². The summed E-state index contributed by atoms with van der Waals surface area (Å²) in [5.41, 5.74) is 2.82. The molecule has 5 nitrogen and oxygen atoms in total. The smallest absolute Gasteiger partial charge is 0.306 e. The largest absolute Gasteiger partial charge is 0.494 e. The third kappa shape index (κ3) is 6.67. The molecule has 0 bridgehead atoms. The monoisotopic (exact) mass is 341 g/mol. The minimum Gasteiger partial charge on any atom is -0.494 e. The van der Waals surface area contributed by atoms with E-state index in [0.717, 1.165) is 22.6 Å². The molecule has 0 aliphatic heterocycles. The van der Waals surface area contributed by atoms with E-state index in [1.165, 1.54) is 0 Å². The molecule has 1 N–H and O–H groups in total. The second-order valence-corrected chi connectivity index (χ2v) is 5.79. The van der Waals surface area contributed by atoms with Crippen molar-refractivity contribution in [2.24, 2.45) is 0 Å². The second-order valence-electron chi connectivity index (χ2n) is 5.79. The molecule has 2 rings (SSSR count). The minimum absolute atomic E-state index is 0.212. The Kier molecular flexibility index (Phi) is 7.01. The summed E-state index contributed by atoms with van der Waals surface area (Å²) in [6.45, 7) is 4.04. The van der Waals surface area contributed by atoms with Crippen LogP contribution in [0.1, 0.15) is 24.0 Å². The van der Waals surface area contributed by atoms with E-state index < -0.39 is 5.97 Å². The molecule has 0 unspecified atom stereocenters. The molecule has 25 heavy (non-hydrogen) atoms. The quantitative estimate of drug-likeness (QED) is 0.588. The summed E-state index contributed by atoms with van der Waals surface area (Å²) in [5, 5.41) is 2.74. The zero-order valence-electron chi connectivity index (χ0n) is 14.6. The molecule has 132 valence electrons. The highest BCUT2D eigenvalue weighted by Gasteiger charge is 2.09. The third-order valence-corrected chi connectivity index (χ3v) is 3.56. The van der Waals surface area contributed by atoms with E-state index >= 15 is 0 Å². The van der Waals surface area contributed by atoms with Crippen molar-refractivity contribution >= 4 is 17.6 Å². The zero-order valence-corrected chi connectivity index (χ0v) is 14.6. The van der Waals surface area contributed by atoms with Crippen LogP contribution in [0.2, 0.25) is 0 Å². The van der Waals surface area contributed by atoms with Gasteiger partial charge in [0.25, 0.3) is 5.91 Å². The lowest BCUT2D eigenvalue weighted by Gasteiger charge is -2.10. The standard InChI is InChI=1S/C20H23NO4/c1-15-10-11-18(16(2)13-15)21-19(22)14-25-20(23)9-6-12-24-17-7-4-3-5-8-17/h3-5,7-8,10-11,13H,6,9,12,14H2,1-2H3,(H,21,22). The highest BCUT2D eigenvalue weighted by Crippen LogP contribution is 2.15. The average molecular weight is 341 g/mol. The average Bonchev–Trinajstić information content (AvgIpc) is 2.60. The number of anilines is 1. The molecule has 0 spiro atoms. The Hall–Kier alpha value is -2.82. The van der Waals surface area contributed by atoms with Gasteiger partial charge in [0.15, 0.2) is 6.61 Å². The minimum atomic E-state index is -0.410. The number of aryl methyl sites for hydroxylation is 2. The maximum atomic E-state index is 11.9. The number of esters is 1. The molecule has 1 amide bonds. The van der Waals surface area contributed by atoms with Crippen LogP contribution >= 0.6 is 0 Å². The summed E-state index contributed by atoms with van der Waals surface area (Å²) < 4.78 is 10.5. The Morgan fingerprint density at radius 3 is 2.52 bits per heavy atom. The lowest BCUT2D eigenvalue weighted by atomic mass is 10.1. The first-order chi connectivity index (χ1) is 12.0. The van der Waals surface area contributed by atoms with E-state index in [9.17, 15) is 9.59 Å². The van der Waals surface area contributed by atoms with E-state index in [0.29, 0.717) is 13.0 Å². The first kappa shape index (κ1) is 18.5. The second kappa shape index (κ2) is 9.47. The Bertz CT molecular complexity index is 713. The molecular weight excluding hydrogens is 318 g/mol. The molecule has 0 aliphatic carbocycles. The number of para-hydroxylation sites is 1. The number of rotatable bonds is 8. The number of hydrogen-bond acceptors (Lipinski definition) is 4. The number of carbonyl (C=O) groups is 2. The summed E-state index contributed by atoms with van der Waals surface area (Å²) in [5.74, 6) is 0.0111. The lowest BCUT2D eigenvalue weighted by molar-refractivity contribution is -0.147. The number of ether oxygens (including phenoxy) is 2. The fraction of sp³-hybridized carbons (Fsp3) is 0.300. The number of hydrogen-bond donors (Lipinski definition) is 1. The Balaban J connectivity index is 1.63. The normalized spacial score (nSPS) is 10.2. The van der Waals surface area contributed by atoms with Crippen molar-refractivity contribution in [3.8, 4) is 5.75 Å². The SMILES string of the molecule is Cc1ccc(NC(=O)COC(=O)CCCOc2ccccc2)c(C)c1. The van der Waals surface area contributed by atoms with Gasteiger partial charge in [0.2, 0.25) is 0 Å². The van der Waals surface area contributed by atoms with Crippen LogP contribution in [0, 0.1) is 13.8 Å². The molecule has 0 saturated carbocycles. The summed E-state index contributed by atoms with van der Waals surface area (Å²) in [6, 6.07) is 15.1. The van der Waals surface area contributed by atoms with Gasteiger partial charge in [0.1, 0.15) is 5.75 Å². The van der Waals surface area contributed by atoms with Gasteiger partial charge in [0, 0.05) is 12.1 Å². The molecule has 0 aliphatic rings. The molecule has 2 aromatic carbocycles. The number of carbonyl (C=O) groups excluding carboxylic acids is 2. The van der Waals surface area contributed by atoms with Crippen LogP contribution in [0.5, 0.6) is 5.75 Å². The molecular formula is C20H23NO4. The van der Waals surface area contributed by atoms with E-state index in [1.54, 1.807) is 0 Å². The maximum Gasteiger partial charge on any atom is 0.306 e. The van der Waals surface area contributed by atoms with Crippen LogP contribution in [0.15, 0.2) is 48.5 Å². The van der Waals surface area contributed by atoms with Crippen molar-refractivity contribution in [2.75, 3.05) is 18.5 Å². The molecule has 0 fully saturated rings. The number of amides is 1. The van der Waals surface area contributed by atoms with Crippen LogP contribution in [0.3, 0.4) is 0 Å². The Morgan fingerprint density at radius 1 is 1.04 bits per heavy atom. The van der Waals surface area contributed by atoms with Crippen molar-refractivity contribution in [1.82, 2.24) is 0 Å². The zero-order chi connectivity index (χ0) is 18.1. The van der Waals surface area contributed by atoms with Gasteiger partial charge >= 0.3 is 5.97 Å². The molecule has 0 aromatic heterocycles. The van der Waals surface area contributed by atoms with E-state index in [2.05, 4.69) is 5.32 Å². The van der Waals surface area contributed by atoms with E-state index in [-0.39, 0.29) is 18.9 Å². The summed E-state index contributed by atoms with van der Waals surface area (Å²) in [4.78, 5) is 23.5. The predicted octanol–water partition coefficient (Wildman–Crippen LogP) is 3.64. The van der Waals surface area contributed by atoms with Gasteiger partial charge < -0.3 is 14.8 Å². The summed E-state index contributed by atoms with van der Waals surface area (Å²) >= 11 is 0. The highest BCUT2D eigenvalue weighted by molar-refractivity contribution is 5.93. The third-order valence-electron chi connectivity index (χ3n) is 3.56. The van der Waals surface area contributed by atoms with Crippen molar-refractivity contribution in [2.45, 2.75) is 26.7 Å². The molecule has 0 heterocycles. The summed E-state index contributed by atoms with van der Waals surface area (Å²) in [7, 11) is 0. The van der Waals surface area contributed by atoms with Crippen molar-refractivity contribution in [3.63, 3.8) is 0 Å². The fourth-order valence-corrected chi connectivity index (χ4v) is 2.28. The van der Waals surface area contributed by atoms with Crippen LogP contribution in [0.25, 0.3) is 0 Å². The molecule has 0 radical (unpaired) electrons. The van der Waals surface area contributed by atoms with Gasteiger partial charge in [-0.3, -0.25) is 9.59 Å². The van der Waals surface area contributed by atoms with Gasteiger partial charge in [-0.2, -0.15) is 0 Å². The first-order valence-corrected chi connectivity index (χ1v) is 8.25. The molecule has 0 atom stereocenters. The van der Waals surface area contributed by atoms with Crippen molar-refractivity contribution < 1.29 is 19.1 Å². The van der Waals surface area contributed by atoms with Gasteiger partial charge in [-0.05, 0) is 44.0 Å². The van der Waals surface area contributed by atoms with E-state index in [1.807, 2.05) is 62.4 Å².